The molecular formula is C26H30ClFN6O4S. The van der Waals surface area contributed by atoms with E-state index < -0.39 is 22.6 Å². The van der Waals surface area contributed by atoms with E-state index in [1.54, 1.807) is 30.2 Å². The molecule has 0 aliphatic carbocycles. The number of halogens is 2. The van der Waals surface area contributed by atoms with Crippen molar-refractivity contribution in [2.45, 2.75) is 51.6 Å². The van der Waals surface area contributed by atoms with Crippen molar-refractivity contribution in [3.05, 3.63) is 63.8 Å². The van der Waals surface area contributed by atoms with Crippen molar-refractivity contribution in [2.24, 2.45) is 0 Å². The molecule has 208 valence electrons. The number of hydrogen-bond acceptors (Lipinski definition) is 8. The molecule has 1 saturated heterocycles. The van der Waals surface area contributed by atoms with Gasteiger partial charge in [0.25, 0.3) is 5.91 Å². The van der Waals surface area contributed by atoms with Crippen molar-refractivity contribution in [3.63, 3.8) is 0 Å². The number of anilines is 1. The fraction of sp³-hybridized carbons (Fsp3) is 0.462. The Balaban J connectivity index is 1.26. The second-order valence-corrected chi connectivity index (χ2v) is 12.6. The molecule has 10 nitrogen and oxygen atoms in total. The minimum absolute atomic E-state index is 0.0102. The van der Waals surface area contributed by atoms with E-state index in [1.165, 1.54) is 10.4 Å². The van der Waals surface area contributed by atoms with E-state index in [1.807, 2.05) is 0 Å². The first kappa shape index (κ1) is 26.3. The molecule has 3 aromatic rings. The standard InChI is InChI=1S/C26H30ClFN6O4S/c1-16-13-17(28)23(29-14-16)25-24-18(30-20-5-2-3-9-32(20)24)8-11-33(25)22(35)15-38-19-6-7-21(31-26(19)27)34-10-4-12-39(34,36)37/h6-7,13-14,25,36-37H,2-5,8-12,15H2,1H3. The summed E-state index contributed by atoms with van der Waals surface area (Å²) in [6.07, 6.45) is 5.72. The summed E-state index contributed by atoms with van der Waals surface area (Å²) in [6.45, 7) is 3.03. The molecule has 1 atom stereocenters. The molecule has 13 heteroatoms. The maximum Gasteiger partial charge on any atom is 0.261 e. The normalized spacial score (nSPS) is 20.9. The van der Waals surface area contributed by atoms with Gasteiger partial charge in [-0.05, 0) is 49.9 Å². The van der Waals surface area contributed by atoms with E-state index in [9.17, 15) is 13.9 Å². The van der Waals surface area contributed by atoms with Gasteiger partial charge in [0.05, 0.1) is 17.1 Å². The summed E-state index contributed by atoms with van der Waals surface area (Å²) in [4.78, 5) is 28.7. The molecular weight excluding hydrogens is 547 g/mol. The van der Waals surface area contributed by atoms with Crippen LogP contribution in [-0.4, -0.2) is 64.9 Å². The molecule has 6 heterocycles. The molecule has 0 radical (unpaired) electrons. The van der Waals surface area contributed by atoms with Crippen LogP contribution < -0.4 is 9.04 Å². The molecule has 0 saturated carbocycles. The Morgan fingerprint density at radius 2 is 2.03 bits per heavy atom. The van der Waals surface area contributed by atoms with Crippen molar-refractivity contribution >= 4 is 34.1 Å². The highest BCUT2D eigenvalue weighted by molar-refractivity contribution is 8.25. The van der Waals surface area contributed by atoms with Crippen LogP contribution in [0.3, 0.4) is 0 Å². The Hall–Kier alpha value is -2.93. The van der Waals surface area contributed by atoms with Gasteiger partial charge in [-0.2, -0.15) is 0 Å². The molecule has 0 spiro atoms. The van der Waals surface area contributed by atoms with E-state index in [0.717, 1.165) is 43.0 Å². The fourth-order valence-electron chi connectivity index (χ4n) is 5.65. The van der Waals surface area contributed by atoms with Crippen LogP contribution in [0.2, 0.25) is 5.15 Å². The summed E-state index contributed by atoms with van der Waals surface area (Å²) >= 11 is 6.35. The van der Waals surface area contributed by atoms with Crippen molar-refractivity contribution in [1.29, 1.82) is 0 Å². The zero-order valence-corrected chi connectivity index (χ0v) is 23.1. The third kappa shape index (κ3) is 4.83. The number of pyridine rings is 2. The van der Waals surface area contributed by atoms with Crippen LogP contribution in [0.4, 0.5) is 10.2 Å². The summed E-state index contributed by atoms with van der Waals surface area (Å²) in [5, 5.41) is 0.0102. The maximum atomic E-state index is 15.3. The van der Waals surface area contributed by atoms with Crippen LogP contribution in [0.15, 0.2) is 24.4 Å². The van der Waals surface area contributed by atoms with Gasteiger partial charge >= 0.3 is 0 Å². The first-order valence-corrected chi connectivity index (χ1v) is 15.1. The Labute approximate surface area is 232 Å². The van der Waals surface area contributed by atoms with Crippen LogP contribution in [0.5, 0.6) is 5.75 Å². The molecule has 1 fully saturated rings. The van der Waals surface area contributed by atoms with Gasteiger partial charge in [-0.1, -0.05) is 11.6 Å². The molecule has 6 rings (SSSR count). The first-order chi connectivity index (χ1) is 18.7. The van der Waals surface area contributed by atoms with Gasteiger partial charge in [0.2, 0.25) is 0 Å². The largest absolute Gasteiger partial charge is 0.481 e. The minimum Gasteiger partial charge on any atom is -0.481 e. The van der Waals surface area contributed by atoms with Crippen molar-refractivity contribution in [3.8, 4) is 5.75 Å². The lowest BCUT2D eigenvalue weighted by molar-refractivity contribution is -0.135. The number of ether oxygens (including phenoxy) is 1. The lowest BCUT2D eigenvalue weighted by Crippen LogP contribution is -2.44. The van der Waals surface area contributed by atoms with Crippen molar-refractivity contribution in [1.82, 2.24) is 24.4 Å². The third-order valence-electron chi connectivity index (χ3n) is 7.48. The minimum atomic E-state index is -2.91. The molecule has 0 aromatic carbocycles. The molecule has 0 bridgehead atoms. The maximum absolute atomic E-state index is 15.3. The Morgan fingerprint density at radius 3 is 2.77 bits per heavy atom. The Morgan fingerprint density at radius 1 is 1.18 bits per heavy atom. The van der Waals surface area contributed by atoms with Crippen LogP contribution in [-0.2, 0) is 24.2 Å². The van der Waals surface area contributed by atoms with Crippen molar-refractivity contribution in [2.75, 3.05) is 29.8 Å². The van der Waals surface area contributed by atoms with Crippen LogP contribution >= 0.6 is 22.4 Å². The number of aryl methyl sites for hydroxylation is 2. The first-order valence-electron chi connectivity index (χ1n) is 13.1. The number of imidazole rings is 1. The second-order valence-electron chi connectivity index (χ2n) is 10.1. The average molecular weight is 577 g/mol. The summed E-state index contributed by atoms with van der Waals surface area (Å²) in [7, 11) is -2.91. The predicted molar refractivity (Wildman–Crippen MR) is 146 cm³/mol. The van der Waals surface area contributed by atoms with Crippen LogP contribution in [0, 0.1) is 12.7 Å². The average Bonchev–Trinajstić information content (AvgIpc) is 3.46. The van der Waals surface area contributed by atoms with Gasteiger partial charge in [-0.3, -0.25) is 23.2 Å². The topological polar surface area (TPSA) is 117 Å². The van der Waals surface area contributed by atoms with E-state index >= 15 is 4.39 Å². The number of hydrogen-bond donors (Lipinski definition) is 2. The number of carbonyl (C=O) groups is 1. The quantitative estimate of drug-likeness (QED) is 0.425. The number of rotatable bonds is 5. The zero-order valence-electron chi connectivity index (χ0n) is 21.5. The SMILES string of the molecule is Cc1cnc(C2c3c(nc4n3CCCC4)CCN2C(=O)COc2ccc(N3CCCS3(O)O)nc2Cl)c(F)c1. The number of fused-ring (bicyclic) bond motifs is 3. The van der Waals surface area contributed by atoms with E-state index in [0.29, 0.717) is 37.3 Å². The van der Waals surface area contributed by atoms with Gasteiger partial charge in [0, 0.05) is 38.7 Å². The van der Waals surface area contributed by atoms with Gasteiger partial charge < -0.3 is 14.2 Å². The van der Waals surface area contributed by atoms with E-state index in [-0.39, 0.29) is 34.9 Å². The Kier molecular flexibility index (Phi) is 6.90. The molecule has 1 unspecified atom stereocenters. The third-order valence-corrected chi connectivity index (χ3v) is 9.66. The highest BCUT2D eigenvalue weighted by Gasteiger charge is 2.39. The Bertz CT molecular complexity index is 1440. The summed E-state index contributed by atoms with van der Waals surface area (Å²) in [5.41, 5.74) is 2.61. The zero-order chi connectivity index (χ0) is 27.3. The summed E-state index contributed by atoms with van der Waals surface area (Å²) in [5.74, 6) is 0.990. The number of carbonyl (C=O) groups excluding carboxylic acids is 1. The number of amides is 1. The molecule has 39 heavy (non-hydrogen) atoms. The second kappa shape index (κ2) is 10.2. The van der Waals surface area contributed by atoms with Crippen LogP contribution in [0.25, 0.3) is 0 Å². The van der Waals surface area contributed by atoms with E-state index in [4.69, 9.17) is 21.3 Å². The molecule has 3 aliphatic heterocycles. The van der Waals surface area contributed by atoms with Gasteiger partial charge in [-0.15, -0.1) is 10.8 Å². The van der Waals surface area contributed by atoms with Gasteiger partial charge in [0.15, 0.2) is 17.5 Å². The predicted octanol–water partition coefficient (Wildman–Crippen LogP) is 4.54. The smallest absolute Gasteiger partial charge is 0.261 e. The summed E-state index contributed by atoms with van der Waals surface area (Å²) < 4.78 is 45.1. The molecule has 3 aromatic heterocycles. The van der Waals surface area contributed by atoms with Gasteiger partial charge in [0.1, 0.15) is 29.2 Å². The van der Waals surface area contributed by atoms with E-state index in [2.05, 4.69) is 14.5 Å². The van der Waals surface area contributed by atoms with Crippen LogP contribution in [0.1, 0.15) is 53.8 Å². The molecule has 1 amide bonds. The lowest BCUT2D eigenvalue weighted by atomic mass is 9.97. The number of aromatic nitrogens is 4. The highest BCUT2D eigenvalue weighted by Crippen LogP contribution is 2.50. The molecule has 2 N–H and O–H groups in total. The van der Waals surface area contributed by atoms with Crippen molar-refractivity contribution < 1.29 is 23.0 Å². The lowest BCUT2D eigenvalue weighted by Gasteiger charge is -2.37. The summed E-state index contributed by atoms with van der Waals surface area (Å²) in [6, 6.07) is 3.87. The monoisotopic (exact) mass is 576 g/mol. The molecule has 3 aliphatic rings. The highest BCUT2D eigenvalue weighted by atomic mass is 35.5. The number of nitrogens with zero attached hydrogens (tertiary/aromatic N) is 6. The fourth-order valence-corrected chi connectivity index (χ4v) is 7.41. The van der Waals surface area contributed by atoms with Gasteiger partial charge in [-0.25, -0.2) is 14.4 Å².